The zero-order valence-electron chi connectivity index (χ0n) is 10.3. The molecule has 5 nitrogen and oxygen atoms in total. The van der Waals surface area contributed by atoms with Crippen LogP contribution >= 0.6 is 0 Å². The quantitative estimate of drug-likeness (QED) is 0.862. The Bertz CT molecular complexity index is 501. The predicted molar refractivity (Wildman–Crippen MR) is 71.7 cm³/mol. The van der Waals surface area contributed by atoms with E-state index in [1.54, 1.807) is 6.08 Å². The molecule has 0 aliphatic carbocycles. The molecule has 19 heavy (non-hydrogen) atoms. The molecule has 1 atom stereocenters. The summed E-state index contributed by atoms with van der Waals surface area (Å²) in [5.41, 5.74) is 0.931. The first-order chi connectivity index (χ1) is 9.16. The topological polar surface area (TPSA) is 66.8 Å². The second-order valence-corrected chi connectivity index (χ2v) is 5.18. The SMILES string of the molecule is O=C(OCc1ccccc1)N1CC=C(S(=O)O)CC1. The van der Waals surface area contributed by atoms with Crippen LogP contribution in [0.2, 0.25) is 0 Å². The lowest BCUT2D eigenvalue weighted by atomic mass is 10.2. The van der Waals surface area contributed by atoms with Gasteiger partial charge in [0.25, 0.3) is 0 Å². The van der Waals surface area contributed by atoms with Crippen LogP contribution in [0.25, 0.3) is 0 Å². The first-order valence-electron chi connectivity index (χ1n) is 5.92. The van der Waals surface area contributed by atoms with E-state index in [2.05, 4.69) is 0 Å². The molecule has 0 radical (unpaired) electrons. The van der Waals surface area contributed by atoms with Gasteiger partial charge < -0.3 is 14.2 Å². The molecule has 0 spiro atoms. The summed E-state index contributed by atoms with van der Waals surface area (Å²) in [6.45, 7) is 0.958. The maximum absolute atomic E-state index is 11.8. The molecule has 1 aliphatic rings. The third-order valence-electron chi connectivity index (χ3n) is 2.86. The minimum absolute atomic E-state index is 0.235. The molecule has 1 aromatic carbocycles. The van der Waals surface area contributed by atoms with Gasteiger partial charge in [-0.3, -0.25) is 0 Å². The van der Waals surface area contributed by atoms with Crippen molar-refractivity contribution < 1.29 is 18.3 Å². The van der Waals surface area contributed by atoms with Crippen molar-refractivity contribution in [3.05, 3.63) is 46.9 Å². The number of nitrogens with zero attached hydrogens (tertiary/aromatic N) is 1. The van der Waals surface area contributed by atoms with Crippen LogP contribution in [0.5, 0.6) is 0 Å². The van der Waals surface area contributed by atoms with Crippen LogP contribution in [-0.4, -0.2) is 32.8 Å². The first kappa shape index (κ1) is 13.8. The van der Waals surface area contributed by atoms with E-state index in [9.17, 15) is 9.00 Å². The highest BCUT2D eigenvalue weighted by Crippen LogP contribution is 2.14. The van der Waals surface area contributed by atoms with Gasteiger partial charge in [0, 0.05) is 24.4 Å². The van der Waals surface area contributed by atoms with Crippen molar-refractivity contribution in [2.75, 3.05) is 13.1 Å². The van der Waals surface area contributed by atoms with Crippen molar-refractivity contribution in [2.45, 2.75) is 13.0 Å². The van der Waals surface area contributed by atoms with Gasteiger partial charge >= 0.3 is 6.09 Å². The van der Waals surface area contributed by atoms with E-state index in [-0.39, 0.29) is 6.61 Å². The molecule has 1 N–H and O–H groups in total. The first-order valence-corrected chi connectivity index (χ1v) is 7.03. The van der Waals surface area contributed by atoms with Crippen LogP contribution in [0, 0.1) is 0 Å². The Balaban J connectivity index is 1.84. The number of ether oxygens (including phenoxy) is 1. The van der Waals surface area contributed by atoms with Crippen molar-refractivity contribution in [2.24, 2.45) is 0 Å². The van der Waals surface area contributed by atoms with Gasteiger partial charge in [0.05, 0.1) is 0 Å². The summed E-state index contributed by atoms with van der Waals surface area (Å²) in [4.78, 5) is 13.8. The summed E-state index contributed by atoms with van der Waals surface area (Å²) in [5, 5.41) is 0. The molecular weight excluding hydrogens is 266 g/mol. The van der Waals surface area contributed by atoms with Crippen LogP contribution in [0.1, 0.15) is 12.0 Å². The summed E-state index contributed by atoms with van der Waals surface area (Å²) in [7, 11) is 0. The predicted octanol–water partition coefficient (Wildman–Crippen LogP) is 2.13. The van der Waals surface area contributed by atoms with Crippen molar-refractivity contribution in [1.29, 1.82) is 0 Å². The number of hydrogen-bond acceptors (Lipinski definition) is 3. The Morgan fingerprint density at radius 2 is 2.11 bits per heavy atom. The minimum atomic E-state index is -1.93. The lowest BCUT2D eigenvalue weighted by molar-refractivity contribution is 0.0992. The second-order valence-electron chi connectivity index (χ2n) is 4.16. The third kappa shape index (κ3) is 3.90. The molecule has 1 amide bonds. The molecule has 6 heteroatoms. The molecule has 0 aromatic heterocycles. The fraction of sp³-hybridized carbons (Fsp3) is 0.308. The molecule has 0 saturated carbocycles. The Labute approximate surface area is 114 Å². The van der Waals surface area contributed by atoms with Crippen LogP contribution in [0.4, 0.5) is 4.79 Å². The molecule has 1 aromatic rings. The second kappa shape index (κ2) is 6.49. The highest BCUT2D eigenvalue weighted by atomic mass is 32.2. The lowest BCUT2D eigenvalue weighted by Gasteiger charge is -2.24. The zero-order chi connectivity index (χ0) is 13.7. The summed E-state index contributed by atoms with van der Waals surface area (Å²) in [6, 6.07) is 9.44. The normalized spacial score (nSPS) is 16.7. The molecule has 1 heterocycles. The average molecular weight is 281 g/mol. The maximum atomic E-state index is 11.8. The van der Waals surface area contributed by atoms with Crippen LogP contribution in [-0.2, 0) is 22.4 Å². The van der Waals surface area contributed by atoms with E-state index in [0.29, 0.717) is 24.4 Å². The summed E-state index contributed by atoms with van der Waals surface area (Å²) >= 11 is -1.93. The van der Waals surface area contributed by atoms with Crippen molar-refractivity contribution in [3.63, 3.8) is 0 Å². The lowest BCUT2D eigenvalue weighted by Crippen LogP contribution is -2.35. The summed E-state index contributed by atoms with van der Waals surface area (Å²) in [5.74, 6) is 0. The van der Waals surface area contributed by atoms with E-state index < -0.39 is 17.2 Å². The standard InChI is InChI=1S/C13H15NO4S/c15-13(18-10-11-4-2-1-3-5-11)14-8-6-12(7-9-14)19(16)17/h1-6H,7-10H2,(H,16,17). The Kier molecular flexibility index (Phi) is 4.70. The van der Waals surface area contributed by atoms with Gasteiger partial charge in [-0.1, -0.05) is 36.4 Å². The number of carbonyl (C=O) groups is 1. The molecule has 0 bridgehead atoms. The summed E-state index contributed by atoms with van der Waals surface area (Å²) in [6.07, 6.45) is 1.61. The number of rotatable bonds is 3. The monoisotopic (exact) mass is 281 g/mol. The highest BCUT2D eigenvalue weighted by Gasteiger charge is 2.20. The molecule has 2 rings (SSSR count). The highest BCUT2D eigenvalue weighted by molar-refractivity contribution is 7.83. The van der Waals surface area contributed by atoms with Gasteiger partial charge in [-0.05, 0) is 5.56 Å². The fourth-order valence-electron chi connectivity index (χ4n) is 1.79. The van der Waals surface area contributed by atoms with Gasteiger partial charge in [0.2, 0.25) is 0 Å². The maximum Gasteiger partial charge on any atom is 0.410 e. The van der Waals surface area contributed by atoms with Gasteiger partial charge in [0.1, 0.15) is 6.61 Å². The Morgan fingerprint density at radius 3 is 2.68 bits per heavy atom. The summed E-state index contributed by atoms with van der Waals surface area (Å²) < 4.78 is 25.0. The van der Waals surface area contributed by atoms with Crippen molar-refractivity contribution >= 4 is 17.2 Å². The fourth-order valence-corrected chi connectivity index (χ4v) is 2.27. The average Bonchev–Trinajstić information content (AvgIpc) is 2.46. The largest absolute Gasteiger partial charge is 0.445 e. The van der Waals surface area contributed by atoms with Gasteiger partial charge in [0.15, 0.2) is 11.1 Å². The number of amides is 1. The molecule has 102 valence electrons. The van der Waals surface area contributed by atoms with E-state index in [1.165, 1.54) is 4.90 Å². The van der Waals surface area contributed by atoms with Crippen LogP contribution < -0.4 is 0 Å². The minimum Gasteiger partial charge on any atom is -0.445 e. The van der Waals surface area contributed by atoms with Crippen molar-refractivity contribution in [3.8, 4) is 0 Å². The molecule has 1 aliphatic heterocycles. The van der Waals surface area contributed by atoms with Gasteiger partial charge in [-0.15, -0.1) is 0 Å². The molecule has 1 unspecified atom stereocenters. The third-order valence-corrected chi connectivity index (χ3v) is 3.67. The molecule has 0 saturated heterocycles. The Morgan fingerprint density at radius 1 is 1.37 bits per heavy atom. The van der Waals surface area contributed by atoms with E-state index in [0.717, 1.165) is 5.56 Å². The van der Waals surface area contributed by atoms with Gasteiger partial charge in [-0.2, -0.15) is 0 Å². The van der Waals surface area contributed by atoms with Crippen molar-refractivity contribution in [1.82, 2.24) is 4.90 Å². The van der Waals surface area contributed by atoms with Crippen LogP contribution in [0.15, 0.2) is 41.3 Å². The molecular formula is C13H15NO4S. The zero-order valence-corrected chi connectivity index (χ0v) is 11.1. The van der Waals surface area contributed by atoms with E-state index in [1.807, 2.05) is 30.3 Å². The number of benzene rings is 1. The molecule has 0 fully saturated rings. The van der Waals surface area contributed by atoms with Crippen LogP contribution in [0.3, 0.4) is 0 Å². The Hall–Kier alpha value is -1.66. The number of carbonyl (C=O) groups excluding carboxylic acids is 1. The number of hydrogen-bond donors (Lipinski definition) is 1. The van der Waals surface area contributed by atoms with E-state index >= 15 is 0 Å². The smallest absolute Gasteiger partial charge is 0.410 e. The van der Waals surface area contributed by atoms with Gasteiger partial charge in [-0.25, -0.2) is 9.00 Å². The van der Waals surface area contributed by atoms with E-state index in [4.69, 9.17) is 9.29 Å².